The fourth-order valence-corrected chi connectivity index (χ4v) is 5.14. The standard InChI is InChI=1S/C26H30N2O3S/c1-16-8-12-23(20(5)13-16)21(6)27-26(29)22-11-10-19(4)25(15-22)32(30,31)28-24-14-17(2)7-9-18(24)3/h7-15,21,28H,1-6H3,(H,27,29). The zero-order valence-electron chi connectivity index (χ0n) is 19.4. The number of hydrogen-bond donors (Lipinski definition) is 2. The molecule has 2 N–H and O–H groups in total. The van der Waals surface area contributed by atoms with E-state index >= 15 is 0 Å². The number of aryl methyl sites for hydroxylation is 5. The molecule has 0 aliphatic heterocycles. The number of benzene rings is 3. The minimum atomic E-state index is -3.86. The third kappa shape index (κ3) is 5.19. The topological polar surface area (TPSA) is 75.3 Å². The molecule has 3 aromatic carbocycles. The van der Waals surface area contributed by atoms with E-state index in [0.29, 0.717) is 16.8 Å². The largest absolute Gasteiger partial charge is 0.346 e. The molecular weight excluding hydrogens is 420 g/mol. The Morgan fingerprint density at radius 3 is 2.09 bits per heavy atom. The molecule has 0 spiro atoms. The first-order valence-corrected chi connectivity index (χ1v) is 12.0. The van der Waals surface area contributed by atoms with Gasteiger partial charge in [0.05, 0.1) is 16.6 Å². The van der Waals surface area contributed by atoms with Crippen LogP contribution in [-0.2, 0) is 10.0 Å². The maximum absolute atomic E-state index is 13.1. The van der Waals surface area contributed by atoms with Crippen molar-refractivity contribution in [1.82, 2.24) is 5.32 Å². The molecule has 1 unspecified atom stereocenters. The second-order valence-corrected chi connectivity index (χ2v) is 10.1. The van der Waals surface area contributed by atoms with Crippen molar-refractivity contribution in [2.45, 2.75) is 52.5 Å². The van der Waals surface area contributed by atoms with E-state index in [1.54, 1.807) is 25.1 Å². The smallest absolute Gasteiger partial charge is 0.262 e. The molecular formula is C26H30N2O3S. The summed E-state index contributed by atoms with van der Waals surface area (Å²) in [6.07, 6.45) is 0. The highest BCUT2D eigenvalue weighted by atomic mass is 32.2. The first-order valence-electron chi connectivity index (χ1n) is 10.6. The summed E-state index contributed by atoms with van der Waals surface area (Å²) in [6.45, 7) is 11.4. The third-order valence-corrected chi connectivity index (χ3v) is 7.12. The first-order chi connectivity index (χ1) is 15.0. The number of amides is 1. The van der Waals surface area contributed by atoms with Gasteiger partial charge in [-0.05, 0) is 87.6 Å². The van der Waals surface area contributed by atoms with E-state index in [0.717, 1.165) is 27.8 Å². The van der Waals surface area contributed by atoms with Crippen molar-refractivity contribution in [3.05, 3.63) is 93.5 Å². The molecule has 6 heteroatoms. The van der Waals surface area contributed by atoms with Crippen LogP contribution in [0.15, 0.2) is 59.5 Å². The van der Waals surface area contributed by atoms with Gasteiger partial charge in [-0.25, -0.2) is 8.42 Å². The number of nitrogens with one attached hydrogen (secondary N) is 2. The van der Waals surface area contributed by atoms with Gasteiger partial charge in [-0.3, -0.25) is 9.52 Å². The molecule has 0 fully saturated rings. The second kappa shape index (κ2) is 9.17. The summed E-state index contributed by atoms with van der Waals surface area (Å²) in [6, 6.07) is 16.2. The monoisotopic (exact) mass is 450 g/mol. The fourth-order valence-electron chi connectivity index (χ4n) is 3.75. The van der Waals surface area contributed by atoms with E-state index < -0.39 is 10.0 Å². The molecule has 32 heavy (non-hydrogen) atoms. The minimum absolute atomic E-state index is 0.0882. The molecule has 0 radical (unpaired) electrons. The summed E-state index contributed by atoms with van der Waals surface area (Å²) in [4.78, 5) is 13.0. The molecule has 3 aromatic rings. The van der Waals surface area contributed by atoms with Crippen molar-refractivity contribution in [3.63, 3.8) is 0 Å². The highest BCUT2D eigenvalue weighted by Crippen LogP contribution is 2.25. The van der Waals surface area contributed by atoms with Gasteiger partial charge >= 0.3 is 0 Å². The van der Waals surface area contributed by atoms with Crippen LogP contribution >= 0.6 is 0 Å². The van der Waals surface area contributed by atoms with Crippen LogP contribution < -0.4 is 10.0 Å². The molecule has 0 aliphatic rings. The van der Waals surface area contributed by atoms with Gasteiger partial charge in [-0.15, -0.1) is 0 Å². The molecule has 0 saturated heterocycles. The fraction of sp³-hybridized carbons (Fsp3) is 0.269. The Morgan fingerprint density at radius 1 is 0.781 bits per heavy atom. The lowest BCUT2D eigenvalue weighted by Gasteiger charge is -2.18. The highest BCUT2D eigenvalue weighted by Gasteiger charge is 2.21. The van der Waals surface area contributed by atoms with Crippen LogP contribution in [0.5, 0.6) is 0 Å². The number of carbonyl (C=O) groups is 1. The molecule has 1 atom stereocenters. The van der Waals surface area contributed by atoms with E-state index in [-0.39, 0.29) is 16.8 Å². The van der Waals surface area contributed by atoms with Gasteiger partial charge in [-0.2, -0.15) is 0 Å². The average molecular weight is 451 g/mol. The van der Waals surface area contributed by atoms with Crippen LogP contribution in [0.3, 0.4) is 0 Å². The Bertz CT molecular complexity index is 1280. The first kappa shape index (κ1) is 23.5. The van der Waals surface area contributed by atoms with E-state index in [9.17, 15) is 13.2 Å². The lowest BCUT2D eigenvalue weighted by atomic mass is 10.00. The molecule has 0 aromatic heterocycles. The Kier molecular flexibility index (Phi) is 6.74. The van der Waals surface area contributed by atoms with Crippen molar-refractivity contribution in [3.8, 4) is 0 Å². The summed E-state index contributed by atoms with van der Waals surface area (Å²) in [5.74, 6) is -0.319. The Hall–Kier alpha value is -3.12. The Labute approximate surface area is 190 Å². The lowest BCUT2D eigenvalue weighted by molar-refractivity contribution is 0.0939. The average Bonchev–Trinajstić information content (AvgIpc) is 2.70. The number of anilines is 1. The van der Waals surface area contributed by atoms with Crippen LogP contribution in [0.2, 0.25) is 0 Å². The summed E-state index contributed by atoms with van der Waals surface area (Å²) < 4.78 is 28.9. The second-order valence-electron chi connectivity index (χ2n) is 8.46. The summed E-state index contributed by atoms with van der Waals surface area (Å²) >= 11 is 0. The number of hydrogen-bond acceptors (Lipinski definition) is 3. The lowest BCUT2D eigenvalue weighted by Crippen LogP contribution is -2.27. The SMILES string of the molecule is Cc1ccc(C(C)NC(=O)c2ccc(C)c(S(=O)(=O)Nc3cc(C)ccc3C)c2)c(C)c1. The van der Waals surface area contributed by atoms with Gasteiger partial charge in [0.2, 0.25) is 0 Å². The minimum Gasteiger partial charge on any atom is -0.346 e. The van der Waals surface area contributed by atoms with Crippen LogP contribution in [0, 0.1) is 34.6 Å². The quantitative estimate of drug-likeness (QED) is 0.519. The predicted molar refractivity (Wildman–Crippen MR) is 130 cm³/mol. The van der Waals surface area contributed by atoms with Crippen LogP contribution in [0.25, 0.3) is 0 Å². The maximum atomic E-state index is 13.1. The summed E-state index contributed by atoms with van der Waals surface area (Å²) in [7, 11) is -3.86. The van der Waals surface area contributed by atoms with E-state index in [2.05, 4.69) is 16.1 Å². The van der Waals surface area contributed by atoms with Crippen molar-refractivity contribution in [2.24, 2.45) is 0 Å². The van der Waals surface area contributed by atoms with Gasteiger partial charge in [0, 0.05) is 5.56 Å². The van der Waals surface area contributed by atoms with Crippen molar-refractivity contribution < 1.29 is 13.2 Å². The Morgan fingerprint density at radius 2 is 1.41 bits per heavy atom. The van der Waals surface area contributed by atoms with Crippen molar-refractivity contribution >= 4 is 21.6 Å². The molecule has 3 rings (SSSR count). The van der Waals surface area contributed by atoms with Gasteiger partial charge in [0.1, 0.15) is 0 Å². The molecule has 0 bridgehead atoms. The van der Waals surface area contributed by atoms with Crippen LogP contribution in [0.4, 0.5) is 5.69 Å². The summed E-state index contributed by atoms with van der Waals surface area (Å²) in [5.41, 5.74) is 6.47. The molecule has 0 aliphatic carbocycles. The van der Waals surface area contributed by atoms with Crippen molar-refractivity contribution in [2.75, 3.05) is 4.72 Å². The predicted octanol–water partition coefficient (Wildman–Crippen LogP) is 5.52. The van der Waals surface area contributed by atoms with E-state index in [4.69, 9.17) is 0 Å². The molecule has 0 heterocycles. The van der Waals surface area contributed by atoms with Crippen LogP contribution in [-0.4, -0.2) is 14.3 Å². The molecule has 1 amide bonds. The van der Waals surface area contributed by atoms with E-state index in [1.165, 1.54) is 6.07 Å². The maximum Gasteiger partial charge on any atom is 0.262 e. The normalized spacial score (nSPS) is 12.3. The van der Waals surface area contributed by atoms with E-state index in [1.807, 2.05) is 58.9 Å². The van der Waals surface area contributed by atoms with Gasteiger partial charge in [-0.1, -0.05) is 42.0 Å². The highest BCUT2D eigenvalue weighted by molar-refractivity contribution is 7.92. The van der Waals surface area contributed by atoms with Crippen molar-refractivity contribution in [1.29, 1.82) is 0 Å². The molecule has 0 saturated carbocycles. The number of rotatable bonds is 6. The van der Waals surface area contributed by atoms with Gasteiger partial charge < -0.3 is 5.32 Å². The zero-order chi connectivity index (χ0) is 23.6. The zero-order valence-corrected chi connectivity index (χ0v) is 20.2. The van der Waals surface area contributed by atoms with Crippen LogP contribution in [0.1, 0.15) is 56.7 Å². The molecule has 5 nitrogen and oxygen atoms in total. The number of carbonyl (C=O) groups excluding carboxylic acids is 1. The third-order valence-electron chi connectivity index (χ3n) is 5.62. The Balaban J connectivity index is 1.87. The molecule has 168 valence electrons. The van der Waals surface area contributed by atoms with Gasteiger partial charge in [0.15, 0.2) is 0 Å². The van der Waals surface area contributed by atoms with Gasteiger partial charge in [0.25, 0.3) is 15.9 Å². The number of sulfonamides is 1. The summed E-state index contributed by atoms with van der Waals surface area (Å²) in [5, 5.41) is 2.98.